The number of carbonyl (C=O) groups excluding carboxylic acids is 1. The minimum absolute atomic E-state index is 0.0344. The Morgan fingerprint density at radius 2 is 1.98 bits per heavy atom. The van der Waals surface area contributed by atoms with Crippen LogP contribution in [0.3, 0.4) is 0 Å². The topological polar surface area (TPSA) is 177 Å². The summed E-state index contributed by atoms with van der Waals surface area (Å²) in [6.07, 6.45) is 2.07. The zero-order valence-corrected chi connectivity index (χ0v) is 23.2. The zero-order chi connectivity index (χ0) is 28.8. The van der Waals surface area contributed by atoms with Crippen molar-refractivity contribution in [3.05, 3.63) is 45.6 Å². The van der Waals surface area contributed by atoms with Crippen molar-refractivity contribution in [1.29, 1.82) is 0 Å². The molecule has 1 aromatic carbocycles. The van der Waals surface area contributed by atoms with Crippen LogP contribution in [0.4, 0.5) is 21.6 Å². The van der Waals surface area contributed by atoms with Gasteiger partial charge in [-0.25, -0.2) is 22.5 Å². The quantitative estimate of drug-likeness (QED) is 0.218. The number of hydrogen-bond acceptors (Lipinski definition) is 10. The first-order valence-corrected chi connectivity index (χ1v) is 14.8. The molecule has 3 fully saturated rings. The Labute approximate surface area is 235 Å². The molecule has 5 atom stereocenters. The molecule has 1 amide bonds. The molecule has 5 rings (SSSR count). The minimum atomic E-state index is -4.11. The summed E-state index contributed by atoms with van der Waals surface area (Å²) < 4.78 is 43.7. The minimum Gasteiger partial charge on any atom is -0.369 e. The van der Waals surface area contributed by atoms with Gasteiger partial charge >= 0.3 is 0 Å². The summed E-state index contributed by atoms with van der Waals surface area (Å²) in [7, 11) is -2.14. The highest BCUT2D eigenvalue weighted by atomic mass is 35.5. The van der Waals surface area contributed by atoms with Crippen molar-refractivity contribution in [2.45, 2.75) is 23.8 Å². The van der Waals surface area contributed by atoms with E-state index >= 15 is 0 Å². The van der Waals surface area contributed by atoms with Crippen LogP contribution in [0.2, 0.25) is 5.28 Å². The second-order valence-corrected chi connectivity index (χ2v) is 12.8. The summed E-state index contributed by atoms with van der Waals surface area (Å²) in [6.45, 7) is 2.76. The molecule has 2 aliphatic carbocycles. The van der Waals surface area contributed by atoms with E-state index in [4.69, 9.17) is 17.3 Å². The number of anilines is 2. The molecular weight excluding hydrogens is 567 g/mol. The Bertz CT molecular complexity index is 1420. The monoisotopic (exact) mass is 596 g/mol. The lowest BCUT2D eigenvalue weighted by atomic mass is 9.78. The number of fused-ring (bicyclic) bond motifs is 2. The zero-order valence-electron chi connectivity index (χ0n) is 21.7. The molecule has 13 nitrogen and oxygen atoms in total. The van der Waals surface area contributed by atoms with Crippen molar-refractivity contribution < 1.29 is 22.5 Å². The summed E-state index contributed by atoms with van der Waals surface area (Å²) in [5, 5.41) is 14.4. The number of nitro groups is 1. The first kappa shape index (κ1) is 28.4. The molecule has 216 valence electrons. The van der Waals surface area contributed by atoms with Crippen LogP contribution in [0.5, 0.6) is 0 Å². The van der Waals surface area contributed by atoms with E-state index in [2.05, 4.69) is 24.9 Å². The van der Waals surface area contributed by atoms with Crippen LogP contribution in [0.25, 0.3) is 0 Å². The largest absolute Gasteiger partial charge is 0.369 e. The van der Waals surface area contributed by atoms with Gasteiger partial charge in [-0.3, -0.25) is 14.9 Å². The van der Waals surface area contributed by atoms with Crippen molar-refractivity contribution in [1.82, 2.24) is 19.6 Å². The second kappa shape index (κ2) is 11.0. The number of carbonyl (C=O) groups is 1. The number of aromatic nitrogens is 2. The number of hydrogen-bond donors (Lipinski definition) is 3. The van der Waals surface area contributed by atoms with E-state index in [-0.39, 0.29) is 46.0 Å². The van der Waals surface area contributed by atoms with Crippen LogP contribution in [0, 0.1) is 39.6 Å². The van der Waals surface area contributed by atoms with Crippen LogP contribution in [-0.2, 0) is 14.8 Å². The van der Waals surface area contributed by atoms with Gasteiger partial charge in [0, 0.05) is 56.6 Å². The molecule has 2 aromatic rings. The summed E-state index contributed by atoms with van der Waals surface area (Å²) in [5.41, 5.74) is 5.84. The molecule has 1 aliphatic heterocycles. The van der Waals surface area contributed by atoms with E-state index in [1.807, 2.05) is 11.9 Å². The van der Waals surface area contributed by atoms with Gasteiger partial charge in [-0.2, -0.15) is 4.98 Å². The van der Waals surface area contributed by atoms with Gasteiger partial charge in [-0.05, 0) is 55.3 Å². The number of nitrogens with one attached hydrogen (secondary N) is 2. The fourth-order valence-corrected chi connectivity index (χ4v) is 7.60. The number of nitro benzene ring substituents is 1. The number of sulfonamides is 1. The third-order valence-electron chi connectivity index (χ3n) is 8.29. The van der Waals surface area contributed by atoms with Gasteiger partial charge in [0.1, 0.15) is 0 Å². The first-order chi connectivity index (χ1) is 18.9. The van der Waals surface area contributed by atoms with Crippen molar-refractivity contribution in [2.24, 2.45) is 29.4 Å². The molecule has 1 aromatic heterocycles. The lowest BCUT2D eigenvalue weighted by Gasteiger charge is -2.35. The van der Waals surface area contributed by atoms with E-state index in [0.29, 0.717) is 31.6 Å². The lowest BCUT2D eigenvalue weighted by Crippen LogP contribution is -2.47. The van der Waals surface area contributed by atoms with Crippen LogP contribution in [0.1, 0.15) is 12.8 Å². The van der Waals surface area contributed by atoms with Crippen molar-refractivity contribution in [2.75, 3.05) is 50.0 Å². The molecule has 16 heteroatoms. The standard InChI is InChI=1S/C24H30ClFN8O5S/c1-32-2-4-33(5-3-32)15-8-16(34(36)37)10-17(9-15)40(38,39)29-11-14-6-13-7-18(14)21(20(13)22(27)35)30-23-19(26)12-28-24(25)31-23/h8-10,12-14,18,20-21,29H,2-7,11H2,1H3,(H2,27,35)(H,28,30,31)/t13-,14+,18-,20+,21-/m1/s1. The Morgan fingerprint density at radius 1 is 1.25 bits per heavy atom. The molecule has 40 heavy (non-hydrogen) atoms. The number of amides is 1. The Hall–Kier alpha value is -3.14. The van der Waals surface area contributed by atoms with E-state index in [1.54, 1.807) is 0 Å². The summed E-state index contributed by atoms with van der Waals surface area (Å²) in [4.78, 5) is 34.6. The number of rotatable bonds is 9. The van der Waals surface area contributed by atoms with Gasteiger partial charge in [-0.15, -0.1) is 0 Å². The average Bonchev–Trinajstić information content (AvgIpc) is 3.48. The van der Waals surface area contributed by atoms with E-state index in [9.17, 15) is 27.7 Å². The fraction of sp³-hybridized carbons (Fsp3) is 0.542. The fourth-order valence-electron chi connectivity index (χ4n) is 6.32. The Balaban J connectivity index is 1.34. The summed E-state index contributed by atoms with van der Waals surface area (Å²) >= 11 is 5.82. The molecule has 3 aliphatic rings. The van der Waals surface area contributed by atoms with E-state index in [0.717, 1.165) is 25.4 Å². The number of likely N-dealkylation sites (N-methyl/N-ethyl adjacent to an activating group) is 1. The van der Waals surface area contributed by atoms with Gasteiger partial charge in [-0.1, -0.05) is 0 Å². The SMILES string of the molecule is CN1CCN(c2cc([N+](=O)[O-])cc(S(=O)(=O)NC[C@@H]3C[C@@H]4C[C@H]3[C@@H](Nc3nc(Cl)ncc3F)[C@H]4C(N)=O)c2)CC1. The van der Waals surface area contributed by atoms with Crippen LogP contribution >= 0.6 is 11.6 Å². The van der Waals surface area contributed by atoms with E-state index < -0.39 is 38.6 Å². The van der Waals surface area contributed by atoms with Gasteiger partial charge in [0.25, 0.3) is 5.69 Å². The maximum absolute atomic E-state index is 14.4. The number of piperazine rings is 1. The molecule has 0 unspecified atom stereocenters. The third-order valence-corrected chi connectivity index (χ3v) is 9.87. The van der Waals surface area contributed by atoms with Gasteiger partial charge in [0.15, 0.2) is 11.6 Å². The smallest absolute Gasteiger partial charge is 0.272 e. The molecular formula is C24H30ClFN8O5S. The lowest BCUT2D eigenvalue weighted by molar-refractivity contribution is -0.385. The summed E-state index contributed by atoms with van der Waals surface area (Å²) in [5.74, 6) is -2.53. The molecule has 0 radical (unpaired) electrons. The number of nitrogens with zero attached hydrogens (tertiary/aromatic N) is 5. The Kier molecular flexibility index (Phi) is 7.83. The van der Waals surface area contributed by atoms with Crippen molar-refractivity contribution >= 4 is 44.7 Å². The molecule has 2 saturated carbocycles. The predicted octanol–water partition coefficient (Wildman–Crippen LogP) is 1.45. The highest BCUT2D eigenvalue weighted by Crippen LogP contribution is 2.52. The first-order valence-electron chi connectivity index (χ1n) is 12.9. The maximum Gasteiger partial charge on any atom is 0.272 e. The van der Waals surface area contributed by atoms with Crippen LogP contribution in [0.15, 0.2) is 29.3 Å². The van der Waals surface area contributed by atoms with Crippen molar-refractivity contribution in [3.8, 4) is 0 Å². The number of primary amides is 1. The van der Waals surface area contributed by atoms with E-state index in [1.165, 1.54) is 12.1 Å². The van der Waals surface area contributed by atoms with Crippen molar-refractivity contribution in [3.63, 3.8) is 0 Å². The number of non-ortho nitro benzene ring substituents is 1. The molecule has 2 heterocycles. The molecule has 0 spiro atoms. The maximum atomic E-state index is 14.4. The van der Waals surface area contributed by atoms with Gasteiger partial charge in [0.2, 0.25) is 21.2 Å². The normalized spacial score (nSPS) is 26.7. The number of nitrogens with two attached hydrogens (primary N) is 1. The average molecular weight is 597 g/mol. The number of benzene rings is 1. The highest BCUT2D eigenvalue weighted by Gasteiger charge is 2.55. The van der Waals surface area contributed by atoms with Gasteiger partial charge in [0.05, 0.1) is 21.9 Å². The third kappa shape index (κ3) is 5.68. The molecule has 2 bridgehead atoms. The van der Waals surface area contributed by atoms with Crippen LogP contribution in [-0.4, -0.2) is 79.9 Å². The van der Waals surface area contributed by atoms with Gasteiger partial charge < -0.3 is 20.9 Å². The second-order valence-electron chi connectivity index (χ2n) is 10.7. The number of halogens is 2. The molecule has 1 saturated heterocycles. The predicted molar refractivity (Wildman–Crippen MR) is 145 cm³/mol. The van der Waals surface area contributed by atoms with Crippen LogP contribution < -0.4 is 20.7 Å². The molecule has 4 N–H and O–H groups in total. The highest BCUT2D eigenvalue weighted by molar-refractivity contribution is 7.89. The Morgan fingerprint density at radius 3 is 2.65 bits per heavy atom. The summed E-state index contributed by atoms with van der Waals surface area (Å²) in [6, 6.07) is 3.32.